The van der Waals surface area contributed by atoms with Gasteiger partial charge in [-0.3, -0.25) is 4.79 Å². The van der Waals surface area contributed by atoms with Gasteiger partial charge in [-0.2, -0.15) is 0 Å². The maximum absolute atomic E-state index is 12.1. The molecule has 0 saturated carbocycles. The molecule has 0 spiro atoms. The molecule has 20 heavy (non-hydrogen) atoms. The van der Waals surface area contributed by atoms with Crippen LogP contribution in [0.15, 0.2) is 28.7 Å². The molecule has 0 aliphatic heterocycles. The summed E-state index contributed by atoms with van der Waals surface area (Å²) in [7, 11) is 0. The molecule has 1 aromatic heterocycles. The normalized spacial score (nSPS) is 12.5. The van der Waals surface area contributed by atoms with Gasteiger partial charge in [0.1, 0.15) is 0 Å². The van der Waals surface area contributed by atoms with Gasteiger partial charge in [-0.05, 0) is 67.4 Å². The Labute approximate surface area is 132 Å². The number of hydrogen-bond acceptors (Lipinski definition) is 1. The number of aromatic nitrogens is 1. The highest BCUT2D eigenvalue weighted by Gasteiger charge is 2.20. The highest BCUT2D eigenvalue weighted by Crippen LogP contribution is 2.28. The number of aryl methyl sites for hydroxylation is 2. The number of Topliss-reactive ketones (excluding diaryl/α,β-unsaturated/α-hetero) is 1. The van der Waals surface area contributed by atoms with Crippen LogP contribution in [0.4, 0.5) is 0 Å². The van der Waals surface area contributed by atoms with Crippen LogP contribution in [0, 0.1) is 20.8 Å². The first-order valence-electron chi connectivity index (χ1n) is 6.46. The number of nitrogens with zero attached hydrogens (tertiary/aromatic N) is 1. The van der Waals surface area contributed by atoms with Gasteiger partial charge in [0, 0.05) is 21.4 Å². The van der Waals surface area contributed by atoms with Crippen molar-refractivity contribution in [2.24, 2.45) is 0 Å². The third-order valence-electron chi connectivity index (χ3n) is 3.40. The molecule has 0 N–H and O–H groups in total. The fourth-order valence-electron chi connectivity index (χ4n) is 2.39. The molecule has 2 rings (SSSR count). The smallest absolute Gasteiger partial charge is 0.182 e. The van der Waals surface area contributed by atoms with Gasteiger partial charge in [0.2, 0.25) is 0 Å². The first-order valence-corrected chi connectivity index (χ1v) is 7.69. The van der Waals surface area contributed by atoms with E-state index in [0.717, 1.165) is 21.5 Å². The molecular formula is C16H17BrClNO. The van der Waals surface area contributed by atoms with Crippen molar-refractivity contribution in [3.05, 3.63) is 51.3 Å². The summed E-state index contributed by atoms with van der Waals surface area (Å²) in [4.78, 5) is 12.1. The van der Waals surface area contributed by atoms with E-state index in [0.29, 0.717) is 5.56 Å². The monoisotopic (exact) mass is 353 g/mol. The highest BCUT2D eigenvalue weighted by atomic mass is 79.9. The van der Waals surface area contributed by atoms with Crippen LogP contribution in [0.25, 0.3) is 5.69 Å². The molecule has 1 heterocycles. The molecule has 1 unspecified atom stereocenters. The second kappa shape index (κ2) is 5.74. The fraction of sp³-hybridized carbons (Fsp3) is 0.312. The molecule has 0 aliphatic rings. The first kappa shape index (κ1) is 15.3. The topological polar surface area (TPSA) is 22.0 Å². The van der Waals surface area contributed by atoms with E-state index in [4.69, 9.17) is 11.6 Å². The molecule has 1 atom stereocenters. The molecule has 1 aromatic carbocycles. The van der Waals surface area contributed by atoms with Crippen LogP contribution in [0.2, 0.25) is 0 Å². The molecule has 0 fully saturated rings. The number of benzene rings is 1. The Morgan fingerprint density at radius 2 is 1.90 bits per heavy atom. The highest BCUT2D eigenvalue weighted by molar-refractivity contribution is 9.10. The number of ketones is 1. The summed E-state index contributed by atoms with van der Waals surface area (Å²) in [6.07, 6.45) is 0. The van der Waals surface area contributed by atoms with Gasteiger partial charge in [0.15, 0.2) is 5.78 Å². The zero-order valence-electron chi connectivity index (χ0n) is 12.0. The van der Waals surface area contributed by atoms with Crippen molar-refractivity contribution in [3.63, 3.8) is 0 Å². The Morgan fingerprint density at radius 3 is 2.45 bits per heavy atom. The minimum Gasteiger partial charge on any atom is -0.317 e. The summed E-state index contributed by atoms with van der Waals surface area (Å²) in [5.41, 5.74) is 4.86. The summed E-state index contributed by atoms with van der Waals surface area (Å²) in [6, 6.07) is 8.09. The summed E-state index contributed by atoms with van der Waals surface area (Å²) >= 11 is 9.52. The minimum atomic E-state index is -0.509. The largest absolute Gasteiger partial charge is 0.317 e. The predicted molar refractivity (Wildman–Crippen MR) is 87.3 cm³/mol. The molecule has 4 heteroatoms. The van der Waals surface area contributed by atoms with E-state index >= 15 is 0 Å². The second-order valence-corrected chi connectivity index (χ2v) is 6.56. The number of hydrogen-bond donors (Lipinski definition) is 0. The Bertz CT molecular complexity index is 673. The van der Waals surface area contributed by atoms with Crippen molar-refractivity contribution >= 4 is 33.3 Å². The van der Waals surface area contributed by atoms with E-state index in [1.54, 1.807) is 6.92 Å². The van der Waals surface area contributed by atoms with E-state index in [9.17, 15) is 4.79 Å². The quantitative estimate of drug-likeness (QED) is 0.563. The van der Waals surface area contributed by atoms with Gasteiger partial charge in [0.05, 0.1) is 11.1 Å². The van der Waals surface area contributed by atoms with E-state index in [1.165, 1.54) is 5.56 Å². The number of alkyl halides is 1. The van der Waals surface area contributed by atoms with Crippen molar-refractivity contribution in [3.8, 4) is 5.69 Å². The Morgan fingerprint density at radius 1 is 1.25 bits per heavy atom. The molecule has 0 amide bonds. The van der Waals surface area contributed by atoms with Crippen molar-refractivity contribution < 1.29 is 4.79 Å². The number of carbonyl (C=O) groups is 1. The molecular weight excluding hydrogens is 338 g/mol. The summed E-state index contributed by atoms with van der Waals surface area (Å²) in [5.74, 6) is -0.0331. The van der Waals surface area contributed by atoms with Crippen molar-refractivity contribution in [1.82, 2.24) is 4.57 Å². The van der Waals surface area contributed by atoms with Crippen molar-refractivity contribution in [1.29, 1.82) is 0 Å². The lowest BCUT2D eigenvalue weighted by Gasteiger charge is -2.13. The molecule has 2 nitrogen and oxygen atoms in total. The van der Waals surface area contributed by atoms with E-state index < -0.39 is 5.38 Å². The zero-order chi connectivity index (χ0) is 15.0. The second-order valence-electron chi connectivity index (χ2n) is 5.06. The van der Waals surface area contributed by atoms with Gasteiger partial charge in [-0.25, -0.2) is 0 Å². The maximum Gasteiger partial charge on any atom is 0.182 e. The van der Waals surface area contributed by atoms with Crippen LogP contribution in [-0.4, -0.2) is 15.7 Å². The molecule has 0 bridgehead atoms. The summed E-state index contributed by atoms with van der Waals surface area (Å²) in [5, 5.41) is -0.509. The Balaban J connectivity index is 2.61. The van der Waals surface area contributed by atoms with E-state index in [2.05, 4.69) is 38.7 Å². The third kappa shape index (κ3) is 2.70. The zero-order valence-corrected chi connectivity index (χ0v) is 14.3. The van der Waals surface area contributed by atoms with Crippen molar-refractivity contribution in [2.75, 3.05) is 0 Å². The van der Waals surface area contributed by atoms with Crippen LogP contribution in [0.3, 0.4) is 0 Å². The number of carbonyl (C=O) groups excluding carboxylic acids is 1. The van der Waals surface area contributed by atoms with Crippen molar-refractivity contribution in [2.45, 2.75) is 33.1 Å². The van der Waals surface area contributed by atoms with Crippen LogP contribution in [0.5, 0.6) is 0 Å². The predicted octanol–water partition coefficient (Wildman–Crippen LogP) is 4.98. The lowest BCUT2D eigenvalue weighted by Crippen LogP contribution is -2.11. The van der Waals surface area contributed by atoms with Gasteiger partial charge in [-0.1, -0.05) is 6.07 Å². The van der Waals surface area contributed by atoms with E-state index in [1.807, 2.05) is 26.8 Å². The Kier molecular flexibility index (Phi) is 4.40. The average molecular weight is 355 g/mol. The number of rotatable bonds is 3. The summed E-state index contributed by atoms with van der Waals surface area (Å²) < 4.78 is 3.09. The van der Waals surface area contributed by atoms with Crippen LogP contribution < -0.4 is 0 Å². The van der Waals surface area contributed by atoms with Crippen LogP contribution in [-0.2, 0) is 0 Å². The molecule has 0 saturated heterocycles. The van der Waals surface area contributed by atoms with E-state index in [-0.39, 0.29) is 5.78 Å². The molecule has 0 radical (unpaired) electrons. The van der Waals surface area contributed by atoms with Crippen LogP contribution >= 0.6 is 27.5 Å². The average Bonchev–Trinajstić information content (AvgIpc) is 2.65. The Hall–Kier alpha value is -1.06. The van der Waals surface area contributed by atoms with Gasteiger partial charge >= 0.3 is 0 Å². The van der Waals surface area contributed by atoms with Gasteiger partial charge in [0.25, 0.3) is 0 Å². The number of halogens is 2. The summed E-state index contributed by atoms with van der Waals surface area (Å²) in [6.45, 7) is 7.70. The molecule has 106 valence electrons. The van der Waals surface area contributed by atoms with Gasteiger partial charge < -0.3 is 4.57 Å². The first-order chi connectivity index (χ1) is 9.32. The lowest BCUT2D eigenvalue weighted by atomic mass is 10.1. The van der Waals surface area contributed by atoms with Gasteiger partial charge in [-0.15, -0.1) is 11.6 Å². The molecule has 2 aromatic rings. The lowest BCUT2D eigenvalue weighted by molar-refractivity contribution is 0.0991. The standard InChI is InChI=1S/C16H17BrClNO/c1-9-5-6-15(14(17)7-9)19-10(2)8-13(12(19)4)16(20)11(3)18/h5-8,11H,1-4H3. The third-order valence-corrected chi connectivity index (χ3v) is 4.24. The fourth-order valence-corrected chi connectivity index (χ4v) is 3.18. The maximum atomic E-state index is 12.1. The molecule has 0 aliphatic carbocycles. The SMILES string of the molecule is Cc1ccc(-n2c(C)cc(C(=O)C(C)Cl)c2C)c(Br)c1. The minimum absolute atomic E-state index is 0.0331. The van der Waals surface area contributed by atoms with Crippen LogP contribution in [0.1, 0.15) is 34.2 Å².